The number of aliphatic carboxylic acids is 1. The van der Waals surface area contributed by atoms with Gasteiger partial charge in [0.2, 0.25) is 0 Å². The standard InChI is InChI=1S/C12H11F3N4O3.C2H4O/c1-7-16-18-19(17-7)5-8-4-9(12(13,14)15)2-3-10(8)22-6-11(20)21;1-2-3/h2-4H,5-6H2,1H3,(H,20,21);2H,1H3. The number of aldehydes is 1. The minimum absolute atomic E-state index is 0.0188. The molecule has 1 heterocycles. The summed E-state index contributed by atoms with van der Waals surface area (Å²) in [6.07, 6.45) is -3.77. The third-order valence-corrected chi connectivity index (χ3v) is 2.60. The van der Waals surface area contributed by atoms with E-state index < -0.39 is 24.3 Å². The van der Waals surface area contributed by atoms with Gasteiger partial charge in [-0.05, 0) is 37.3 Å². The summed E-state index contributed by atoms with van der Waals surface area (Å²) in [5, 5.41) is 19.7. The van der Waals surface area contributed by atoms with Crippen molar-refractivity contribution < 1.29 is 32.6 Å². The Kier molecular flexibility index (Phi) is 7.03. The van der Waals surface area contributed by atoms with Gasteiger partial charge in [-0.1, -0.05) is 0 Å². The lowest BCUT2D eigenvalue weighted by molar-refractivity contribution is -0.140. The number of carboxylic acid groups (broad SMARTS) is 1. The topological polar surface area (TPSA) is 107 Å². The fraction of sp³-hybridized carbons (Fsp3) is 0.357. The number of aromatic nitrogens is 4. The predicted octanol–water partition coefficient (Wildman–Crippen LogP) is 1.72. The van der Waals surface area contributed by atoms with Crippen LogP contribution in [0, 0.1) is 6.92 Å². The molecule has 1 aromatic carbocycles. The lowest BCUT2D eigenvalue weighted by Gasteiger charge is -2.13. The van der Waals surface area contributed by atoms with Crippen molar-refractivity contribution >= 4 is 12.3 Å². The molecule has 1 N–H and O–H groups in total. The smallest absolute Gasteiger partial charge is 0.416 e. The number of ether oxygens (including phenoxy) is 1. The van der Waals surface area contributed by atoms with E-state index in [9.17, 15) is 18.0 Å². The van der Waals surface area contributed by atoms with Gasteiger partial charge in [-0.25, -0.2) is 4.79 Å². The van der Waals surface area contributed by atoms with Crippen LogP contribution in [0.4, 0.5) is 13.2 Å². The molecule has 0 aliphatic rings. The Hall–Kier alpha value is -2.98. The van der Waals surface area contributed by atoms with Crippen molar-refractivity contribution in [2.45, 2.75) is 26.6 Å². The molecule has 2 rings (SSSR count). The van der Waals surface area contributed by atoms with Crippen LogP contribution in [0.25, 0.3) is 0 Å². The molecule has 0 unspecified atom stereocenters. The SMILES string of the molecule is CC=O.Cc1nnn(Cc2cc(C(F)(F)F)ccc2OCC(=O)O)n1. The zero-order chi connectivity index (χ0) is 19.0. The average molecular weight is 360 g/mol. The van der Waals surface area contributed by atoms with Gasteiger partial charge in [0.25, 0.3) is 0 Å². The number of halogens is 3. The summed E-state index contributed by atoms with van der Waals surface area (Å²) in [5.74, 6) is -0.856. The maximum absolute atomic E-state index is 12.8. The first-order valence-corrected chi connectivity index (χ1v) is 6.86. The van der Waals surface area contributed by atoms with Crippen LogP contribution in [0.2, 0.25) is 0 Å². The van der Waals surface area contributed by atoms with Gasteiger partial charge in [0.1, 0.15) is 12.0 Å². The number of rotatable bonds is 5. The van der Waals surface area contributed by atoms with Crippen LogP contribution < -0.4 is 4.74 Å². The Morgan fingerprint density at radius 3 is 2.52 bits per heavy atom. The molecule has 0 saturated carbocycles. The highest BCUT2D eigenvalue weighted by atomic mass is 19.4. The molecular weight excluding hydrogens is 345 g/mol. The van der Waals surface area contributed by atoms with E-state index in [0.29, 0.717) is 5.82 Å². The molecule has 0 amide bonds. The number of hydrogen-bond acceptors (Lipinski definition) is 6. The van der Waals surface area contributed by atoms with Crippen LogP contribution in [-0.2, 0) is 22.3 Å². The second-order valence-electron chi connectivity index (χ2n) is 4.61. The van der Waals surface area contributed by atoms with Gasteiger partial charge in [0, 0.05) is 5.56 Å². The Labute approximate surface area is 140 Å². The maximum Gasteiger partial charge on any atom is 0.416 e. The van der Waals surface area contributed by atoms with Crippen molar-refractivity contribution in [2.24, 2.45) is 0 Å². The van der Waals surface area contributed by atoms with Crippen LogP contribution in [0.3, 0.4) is 0 Å². The van der Waals surface area contributed by atoms with Crippen LogP contribution in [0.5, 0.6) is 5.75 Å². The molecule has 0 bridgehead atoms. The van der Waals surface area contributed by atoms with E-state index in [2.05, 4.69) is 15.4 Å². The highest BCUT2D eigenvalue weighted by Crippen LogP contribution is 2.32. The molecule has 0 spiro atoms. The Morgan fingerprint density at radius 2 is 2.04 bits per heavy atom. The molecule has 136 valence electrons. The fourth-order valence-electron chi connectivity index (χ4n) is 1.70. The van der Waals surface area contributed by atoms with Crippen LogP contribution >= 0.6 is 0 Å². The summed E-state index contributed by atoms with van der Waals surface area (Å²) >= 11 is 0. The Balaban J connectivity index is 0.000000970. The van der Waals surface area contributed by atoms with Crippen molar-refractivity contribution in [2.75, 3.05) is 6.61 Å². The number of tetrazole rings is 1. The van der Waals surface area contributed by atoms with Crippen molar-refractivity contribution in [1.29, 1.82) is 0 Å². The lowest BCUT2D eigenvalue weighted by Crippen LogP contribution is -2.14. The number of carbonyl (C=O) groups excluding carboxylic acids is 1. The van der Waals surface area contributed by atoms with Gasteiger partial charge >= 0.3 is 12.1 Å². The fourth-order valence-corrected chi connectivity index (χ4v) is 1.70. The van der Waals surface area contributed by atoms with E-state index in [4.69, 9.17) is 14.6 Å². The molecule has 0 aliphatic carbocycles. The average Bonchev–Trinajstić information content (AvgIpc) is 2.91. The van der Waals surface area contributed by atoms with E-state index in [1.54, 1.807) is 6.92 Å². The number of alkyl halides is 3. The molecule has 25 heavy (non-hydrogen) atoms. The second kappa shape index (κ2) is 8.76. The summed E-state index contributed by atoms with van der Waals surface area (Å²) in [6, 6.07) is 2.77. The zero-order valence-electron chi connectivity index (χ0n) is 13.3. The quantitative estimate of drug-likeness (QED) is 0.809. The monoisotopic (exact) mass is 360 g/mol. The minimum Gasteiger partial charge on any atom is -0.482 e. The molecule has 0 saturated heterocycles. The van der Waals surface area contributed by atoms with Crippen molar-refractivity contribution in [1.82, 2.24) is 20.2 Å². The molecule has 0 radical (unpaired) electrons. The molecule has 11 heteroatoms. The van der Waals surface area contributed by atoms with E-state index in [1.165, 1.54) is 6.92 Å². The van der Waals surface area contributed by atoms with E-state index >= 15 is 0 Å². The third-order valence-electron chi connectivity index (χ3n) is 2.60. The summed E-state index contributed by atoms with van der Waals surface area (Å²) < 4.78 is 43.3. The summed E-state index contributed by atoms with van der Waals surface area (Å²) in [6.45, 7) is 2.24. The van der Waals surface area contributed by atoms with Gasteiger partial charge in [-0.2, -0.15) is 18.0 Å². The molecule has 1 aromatic heterocycles. The predicted molar refractivity (Wildman–Crippen MR) is 78.0 cm³/mol. The summed E-state index contributed by atoms with van der Waals surface area (Å²) in [5.41, 5.74) is -0.768. The van der Waals surface area contributed by atoms with E-state index in [-0.39, 0.29) is 17.9 Å². The molecular formula is C14H15F3N4O4. The molecule has 2 aromatic rings. The molecule has 0 atom stereocenters. The number of benzene rings is 1. The van der Waals surface area contributed by atoms with E-state index in [0.717, 1.165) is 29.3 Å². The highest BCUT2D eigenvalue weighted by molar-refractivity contribution is 5.68. The maximum atomic E-state index is 12.8. The van der Waals surface area contributed by atoms with Crippen molar-refractivity contribution in [3.05, 3.63) is 35.2 Å². The normalized spacial score (nSPS) is 10.6. The molecule has 0 fully saturated rings. The van der Waals surface area contributed by atoms with Gasteiger partial charge in [0.15, 0.2) is 12.4 Å². The minimum atomic E-state index is -4.52. The van der Waals surface area contributed by atoms with Gasteiger partial charge in [0.05, 0.1) is 12.1 Å². The Morgan fingerprint density at radius 1 is 1.40 bits per heavy atom. The molecule has 8 nitrogen and oxygen atoms in total. The first-order chi connectivity index (χ1) is 11.7. The van der Waals surface area contributed by atoms with Crippen molar-refractivity contribution in [3.8, 4) is 5.75 Å². The van der Waals surface area contributed by atoms with Gasteiger partial charge in [-0.3, -0.25) is 0 Å². The number of nitrogens with zero attached hydrogens (tertiary/aromatic N) is 4. The van der Waals surface area contributed by atoms with Crippen LogP contribution in [0.1, 0.15) is 23.9 Å². The van der Waals surface area contributed by atoms with Crippen molar-refractivity contribution in [3.63, 3.8) is 0 Å². The highest BCUT2D eigenvalue weighted by Gasteiger charge is 2.31. The first-order valence-electron chi connectivity index (χ1n) is 6.86. The number of hydrogen-bond donors (Lipinski definition) is 1. The van der Waals surface area contributed by atoms with Crippen LogP contribution in [-0.4, -0.2) is 44.2 Å². The van der Waals surface area contributed by atoms with E-state index in [1.807, 2.05) is 0 Å². The van der Waals surface area contributed by atoms with Gasteiger partial charge in [-0.15, -0.1) is 10.2 Å². The second-order valence-corrected chi connectivity index (χ2v) is 4.61. The lowest BCUT2D eigenvalue weighted by atomic mass is 10.1. The number of carboxylic acids is 1. The summed E-state index contributed by atoms with van der Waals surface area (Å²) in [7, 11) is 0. The largest absolute Gasteiger partial charge is 0.482 e. The number of aryl methyl sites for hydroxylation is 1. The summed E-state index contributed by atoms with van der Waals surface area (Å²) in [4.78, 5) is 20.4. The zero-order valence-corrected chi connectivity index (χ0v) is 13.3. The first kappa shape index (κ1) is 20.1. The molecule has 0 aliphatic heterocycles. The Bertz CT molecular complexity index is 731. The number of carbonyl (C=O) groups is 2. The third kappa shape index (κ3) is 6.57. The van der Waals surface area contributed by atoms with Crippen LogP contribution in [0.15, 0.2) is 18.2 Å². The van der Waals surface area contributed by atoms with Gasteiger partial charge < -0.3 is 14.6 Å².